The van der Waals surface area contributed by atoms with Crippen LogP contribution >= 0.6 is 0 Å². The van der Waals surface area contributed by atoms with Crippen LogP contribution in [-0.4, -0.2) is 25.3 Å². The zero-order chi connectivity index (χ0) is 14.2. The van der Waals surface area contributed by atoms with Gasteiger partial charge in [0.2, 0.25) is 0 Å². The van der Waals surface area contributed by atoms with Gasteiger partial charge in [0, 0.05) is 17.5 Å². The van der Waals surface area contributed by atoms with Crippen molar-refractivity contribution in [2.75, 3.05) is 19.8 Å². The first-order valence-electron chi connectivity index (χ1n) is 7.64. The van der Waals surface area contributed by atoms with Gasteiger partial charge in [-0.2, -0.15) is 0 Å². The average molecular weight is 275 g/mol. The summed E-state index contributed by atoms with van der Waals surface area (Å²) in [6, 6.07) is 6.48. The fraction of sp³-hybridized carbons (Fsp3) is 0.647. The maximum Gasteiger partial charge on any atom is 0.161 e. The van der Waals surface area contributed by atoms with Crippen LogP contribution in [0, 0.1) is 0 Å². The van der Waals surface area contributed by atoms with Gasteiger partial charge in [-0.25, -0.2) is 0 Å². The van der Waals surface area contributed by atoms with E-state index < -0.39 is 0 Å². The monoisotopic (exact) mass is 275 g/mol. The van der Waals surface area contributed by atoms with Crippen molar-refractivity contribution in [3.8, 4) is 11.5 Å². The number of rotatable bonds is 3. The van der Waals surface area contributed by atoms with Crippen molar-refractivity contribution in [2.45, 2.75) is 51.0 Å². The molecule has 1 heterocycles. The highest BCUT2D eigenvalue weighted by molar-refractivity contribution is 5.46. The van der Waals surface area contributed by atoms with Gasteiger partial charge in [0.15, 0.2) is 11.5 Å². The molecular weight excluding hydrogens is 250 g/mol. The second kappa shape index (κ2) is 4.96. The third-order valence-corrected chi connectivity index (χ3v) is 4.42. The Balaban J connectivity index is 1.82. The predicted molar refractivity (Wildman–Crippen MR) is 80.7 cm³/mol. The Morgan fingerprint density at radius 2 is 1.80 bits per heavy atom. The van der Waals surface area contributed by atoms with E-state index in [1.54, 1.807) is 0 Å². The Hall–Kier alpha value is -1.22. The highest BCUT2D eigenvalue weighted by Gasteiger charge is 2.39. The molecule has 1 N–H and O–H groups in total. The molecule has 1 aromatic carbocycles. The lowest BCUT2D eigenvalue weighted by atomic mass is 9.64. The van der Waals surface area contributed by atoms with E-state index in [0.717, 1.165) is 18.0 Å². The summed E-state index contributed by atoms with van der Waals surface area (Å²) in [6.07, 6.45) is 3.84. The summed E-state index contributed by atoms with van der Waals surface area (Å²) in [4.78, 5) is 0. The van der Waals surface area contributed by atoms with Crippen LogP contribution in [0.3, 0.4) is 0 Å². The number of ether oxygens (including phenoxy) is 2. The molecule has 1 saturated carbocycles. The van der Waals surface area contributed by atoms with Gasteiger partial charge >= 0.3 is 0 Å². The third kappa shape index (κ3) is 2.64. The van der Waals surface area contributed by atoms with Crippen LogP contribution < -0.4 is 14.8 Å². The topological polar surface area (TPSA) is 30.5 Å². The number of benzene rings is 1. The minimum atomic E-state index is 0.163. The Kier molecular flexibility index (Phi) is 3.41. The van der Waals surface area contributed by atoms with Crippen LogP contribution in [0.15, 0.2) is 18.2 Å². The van der Waals surface area contributed by atoms with Crippen LogP contribution in [0.5, 0.6) is 11.5 Å². The summed E-state index contributed by atoms with van der Waals surface area (Å²) in [5.74, 6) is 1.80. The van der Waals surface area contributed by atoms with Crippen molar-refractivity contribution in [3.05, 3.63) is 23.8 Å². The van der Waals surface area contributed by atoms with Gasteiger partial charge in [-0.05, 0) is 51.3 Å². The van der Waals surface area contributed by atoms with Crippen molar-refractivity contribution >= 4 is 0 Å². The summed E-state index contributed by atoms with van der Waals surface area (Å²) in [5, 5.41) is 3.67. The lowest BCUT2D eigenvalue weighted by Gasteiger charge is -2.44. The molecule has 0 radical (unpaired) electrons. The van der Waals surface area contributed by atoms with Gasteiger partial charge in [0.25, 0.3) is 0 Å². The van der Waals surface area contributed by atoms with Crippen LogP contribution in [0.25, 0.3) is 0 Å². The van der Waals surface area contributed by atoms with E-state index in [1.165, 1.54) is 24.8 Å². The highest BCUT2D eigenvalue weighted by Crippen LogP contribution is 2.46. The van der Waals surface area contributed by atoms with Gasteiger partial charge in [0.1, 0.15) is 13.2 Å². The van der Waals surface area contributed by atoms with Crippen molar-refractivity contribution in [1.29, 1.82) is 0 Å². The van der Waals surface area contributed by atoms with Crippen LogP contribution in [0.2, 0.25) is 0 Å². The molecule has 0 unspecified atom stereocenters. The second-order valence-corrected chi connectivity index (χ2v) is 7.10. The third-order valence-electron chi connectivity index (χ3n) is 4.42. The summed E-state index contributed by atoms with van der Waals surface area (Å²) >= 11 is 0. The molecular formula is C17H25NO2. The molecule has 0 saturated heterocycles. The maximum absolute atomic E-state index is 5.73. The molecule has 0 spiro atoms. The SMILES string of the molecule is CC(C)(C)NCC1(c2ccc3c(c2)OCCO3)CCC1. The summed E-state index contributed by atoms with van der Waals surface area (Å²) in [5.41, 5.74) is 1.84. The molecule has 110 valence electrons. The molecule has 1 aliphatic heterocycles. The largest absolute Gasteiger partial charge is 0.486 e. The van der Waals surface area contributed by atoms with Crippen molar-refractivity contribution < 1.29 is 9.47 Å². The van der Waals surface area contributed by atoms with Gasteiger partial charge in [-0.3, -0.25) is 0 Å². The van der Waals surface area contributed by atoms with E-state index in [-0.39, 0.29) is 11.0 Å². The molecule has 1 aromatic rings. The molecule has 3 nitrogen and oxygen atoms in total. The average Bonchev–Trinajstić information content (AvgIpc) is 2.36. The molecule has 0 aromatic heterocycles. The van der Waals surface area contributed by atoms with E-state index in [9.17, 15) is 0 Å². The first-order valence-corrected chi connectivity index (χ1v) is 7.64. The van der Waals surface area contributed by atoms with Gasteiger partial charge in [-0.15, -0.1) is 0 Å². The number of fused-ring (bicyclic) bond motifs is 1. The predicted octanol–water partition coefficient (Wildman–Crippen LogP) is 3.27. The molecule has 20 heavy (non-hydrogen) atoms. The van der Waals surface area contributed by atoms with Gasteiger partial charge < -0.3 is 14.8 Å². The molecule has 3 heteroatoms. The van der Waals surface area contributed by atoms with E-state index in [2.05, 4.69) is 44.3 Å². The van der Waals surface area contributed by atoms with E-state index in [0.29, 0.717) is 13.2 Å². The summed E-state index contributed by atoms with van der Waals surface area (Å²) in [7, 11) is 0. The van der Waals surface area contributed by atoms with Crippen molar-refractivity contribution in [2.24, 2.45) is 0 Å². The zero-order valence-corrected chi connectivity index (χ0v) is 12.8. The van der Waals surface area contributed by atoms with Crippen LogP contribution in [0.4, 0.5) is 0 Å². The molecule has 3 rings (SSSR count). The Bertz CT molecular complexity index is 486. The van der Waals surface area contributed by atoms with Crippen LogP contribution in [-0.2, 0) is 5.41 Å². The van der Waals surface area contributed by atoms with Crippen molar-refractivity contribution in [1.82, 2.24) is 5.32 Å². The number of hydrogen-bond donors (Lipinski definition) is 1. The number of nitrogens with one attached hydrogen (secondary N) is 1. The summed E-state index contributed by atoms with van der Waals surface area (Å²) in [6.45, 7) is 9.03. The zero-order valence-electron chi connectivity index (χ0n) is 12.8. The van der Waals surface area contributed by atoms with Gasteiger partial charge in [0.05, 0.1) is 0 Å². The Morgan fingerprint density at radius 1 is 1.10 bits per heavy atom. The van der Waals surface area contributed by atoms with E-state index >= 15 is 0 Å². The maximum atomic E-state index is 5.73. The van der Waals surface area contributed by atoms with Gasteiger partial charge in [-0.1, -0.05) is 12.5 Å². The lowest BCUT2D eigenvalue weighted by molar-refractivity contribution is 0.169. The van der Waals surface area contributed by atoms with Crippen LogP contribution in [0.1, 0.15) is 45.6 Å². The molecule has 2 aliphatic rings. The van der Waals surface area contributed by atoms with E-state index in [1.807, 2.05) is 0 Å². The van der Waals surface area contributed by atoms with Crippen molar-refractivity contribution in [3.63, 3.8) is 0 Å². The quantitative estimate of drug-likeness (QED) is 0.918. The Labute approximate surface area is 121 Å². The smallest absolute Gasteiger partial charge is 0.161 e. The first-order chi connectivity index (χ1) is 9.49. The molecule has 1 fully saturated rings. The fourth-order valence-electron chi connectivity index (χ4n) is 2.98. The fourth-order valence-corrected chi connectivity index (χ4v) is 2.98. The minimum absolute atomic E-state index is 0.163. The second-order valence-electron chi connectivity index (χ2n) is 7.10. The highest BCUT2D eigenvalue weighted by atomic mass is 16.6. The molecule has 0 amide bonds. The number of hydrogen-bond acceptors (Lipinski definition) is 3. The molecule has 0 atom stereocenters. The molecule has 1 aliphatic carbocycles. The summed E-state index contributed by atoms with van der Waals surface area (Å²) < 4.78 is 11.3. The lowest BCUT2D eigenvalue weighted by Crippen LogP contribution is -2.49. The Morgan fingerprint density at radius 3 is 2.40 bits per heavy atom. The minimum Gasteiger partial charge on any atom is -0.486 e. The molecule has 0 bridgehead atoms. The van der Waals surface area contributed by atoms with E-state index in [4.69, 9.17) is 9.47 Å². The normalized spacial score (nSPS) is 20.4. The standard InChI is InChI=1S/C17H25NO2/c1-16(2,3)18-12-17(7-4-8-17)13-5-6-14-15(11-13)20-10-9-19-14/h5-6,11,18H,4,7-10,12H2,1-3H3. The first kappa shape index (κ1) is 13.7.